The van der Waals surface area contributed by atoms with Gasteiger partial charge in [0.05, 0.1) is 12.7 Å². The van der Waals surface area contributed by atoms with Gasteiger partial charge >= 0.3 is 5.97 Å². The van der Waals surface area contributed by atoms with Crippen LogP contribution in [0.1, 0.15) is 84.5 Å². The molecular formula is C17H36NaO5. The van der Waals surface area contributed by atoms with Gasteiger partial charge in [-0.3, -0.25) is 0 Å². The van der Waals surface area contributed by atoms with E-state index in [2.05, 4.69) is 6.92 Å². The Hall–Kier alpha value is 0.350. The van der Waals surface area contributed by atoms with Gasteiger partial charge in [-0.25, -0.2) is 4.79 Å². The molecular weight excluding hydrogens is 307 g/mol. The SMILES string of the molecule is CCCCCCCCCCCCC(C)OC(=O)C1CO1.O.O.[Na]. The van der Waals surface area contributed by atoms with Gasteiger partial charge in [-0.1, -0.05) is 64.7 Å². The third-order valence-electron chi connectivity index (χ3n) is 3.88. The minimum absolute atomic E-state index is 0. The van der Waals surface area contributed by atoms with E-state index in [1.807, 2.05) is 6.92 Å². The minimum Gasteiger partial charge on any atom is -0.461 e. The fraction of sp³-hybridized carbons (Fsp3) is 0.941. The van der Waals surface area contributed by atoms with Gasteiger partial charge in [-0.2, -0.15) is 0 Å². The molecule has 0 spiro atoms. The van der Waals surface area contributed by atoms with Crippen LogP contribution >= 0.6 is 0 Å². The van der Waals surface area contributed by atoms with Crippen LogP contribution < -0.4 is 0 Å². The summed E-state index contributed by atoms with van der Waals surface area (Å²) in [7, 11) is 0. The zero-order valence-corrected chi connectivity index (χ0v) is 17.4. The molecule has 4 N–H and O–H groups in total. The van der Waals surface area contributed by atoms with Crippen molar-refractivity contribution in [2.75, 3.05) is 6.61 Å². The van der Waals surface area contributed by atoms with Crippen molar-refractivity contribution in [1.29, 1.82) is 0 Å². The van der Waals surface area contributed by atoms with E-state index in [0.29, 0.717) is 6.61 Å². The van der Waals surface area contributed by atoms with E-state index in [0.717, 1.165) is 12.8 Å². The van der Waals surface area contributed by atoms with Crippen LogP contribution in [-0.2, 0) is 14.3 Å². The van der Waals surface area contributed by atoms with Crippen molar-refractivity contribution in [3.63, 3.8) is 0 Å². The van der Waals surface area contributed by atoms with Crippen molar-refractivity contribution in [3.8, 4) is 0 Å². The molecule has 2 unspecified atom stereocenters. The molecule has 2 atom stereocenters. The molecule has 23 heavy (non-hydrogen) atoms. The van der Waals surface area contributed by atoms with Crippen molar-refractivity contribution in [1.82, 2.24) is 0 Å². The second kappa shape index (κ2) is 18.7. The van der Waals surface area contributed by atoms with Gasteiger partial charge in [-0.05, 0) is 19.8 Å². The predicted molar refractivity (Wildman–Crippen MR) is 94.7 cm³/mol. The summed E-state index contributed by atoms with van der Waals surface area (Å²) in [5.41, 5.74) is 0. The molecule has 0 saturated carbocycles. The van der Waals surface area contributed by atoms with Crippen molar-refractivity contribution in [3.05, 3.63) is 0 Å². The number of hydrogen-bond donors (Lipinski definition) is 0. The fourth-order valence-corrected chi connectivity index (χ4v) is 2.44. The predicted octanol–water partition coefficient (Wildman–Crippen LogP) is 2.60. The third kappa shape index (κ3) is 17.0. The maximum atomic E-state index is 11.4. The van der Waals surface area contributed by atoms with Crippen LogP contribution in [-0.4, -0.2) is 65.3 Å². The normalized spacial score (nSPS) is 16.3. The molecule has 1 radical (unpaired) electrons. The number of unbranched alkanes of at least 4 members (excludes halogenated alkanes) is 9. The number of epoxide rings is 1. The standard InChI is InChI=1S/C17H32O3.Na.2H2O/c1-3-4-5-6-7-8-9-10-11-12-13-15(2)20-17(18)16-14-19-16;;;/h15-16H,3-14H2,1-2H3;;2*1H2. The summed E-state index contributed by atoms with van der Waals surface area (Å²) in [6.45, 7) is 4.79. The summed E-state index contributed by atoms with van der Waals surface area (Å²) in [5, 5.41) is 0. The molecule has 1 aliphatic heterocycles. The maximum Gasteiger partial charge on any atom is 0.337 e. The summed E-state index contributed by atoms with van der Waals surface area (Å²) in [4.78, 5) is 11.4. The first-order valence-electron chi connectivity index (χ1n) is 8.56. The molecule has 1 fully saturated rings. The first kappa shape index (κ1) is 28.2. The first-order valence-corrected chi connectivity index (χ1v) is 8.56. The molecule has 6 heteroatoms. The molecule has 1 heterocycles. The Bertz CT molecular complexity index is 259. The minimum atomic E-state index is -0.259. The number of hydrogen-bond acceptors (Lipinski definition) is 3. The number of carbonyl (C=O) groups excluding carboxylic acids is 1. The van der Waals surface area contributed by atoms with Crippen LogP contribution in [0.2, 0.25) is 0 Å². The van der Waals surface area contributed by atoms with Crippen LogP contribution in [0, 0.1) is 0 Å². The first-order chi connectivity index (χ1) is 9.74. The third-order valence-corrected chi connectivity index (χ3v) is 3.88. The summed E-state index contributed by atoms with van der Waals surface area (Å²) in [5.74, 6) is -0.176. The van der Waals surface area contributed by atoms with Gasteiger partial charge in [0.25, 0.3) is 0 Å². The quantitative estimate of drug-likeness (QED) is 0.222. The smallest absolute Gasteiger partial charge is 0.337 e. The van der Waals surface area contributed by atoms with E-state index in [-0.39, 0.29) is 58.7 Å². The van der Waals surface area contributed by atoms with Crippen LogP contribution in [0.5, 0.6) is 0 Å². The van der Waals surface area contributed by atoms with Gasteiger partial charge in [0.1, 0.15) is 0 Å². The fourth-order valence-electron chi connectivity index (χ4n) is 2.44. The van der Waals surface area contributed by atoms with E-state index in [1.54, 1.807) is 0 Å². The van der Waals surface area contributed by atoms with Crippen molar-refractivity contribution in [2.24, 2.45) is 0 Å². The second-order valence-electron chi connectivity index (χ2n) is 6.04. The Labute approximate surface area is 163 Å². The van der Waals surface area contributed by atoms with E-state index < -0.39 is 0 Å². The largest absolute Gasteiger partial charge is 0.461 e. The van der Waals surface area contributed by atoms with Crippen LogP contribution in [0.3, 0.4) is 0 Å². The van der Waals surface area contributed by atoms with Crippen LogP contribution in [0.15, 0.2) is 0 Å². The molecule has 1 rings (SSSR count). The van der Waals surface area contributed by atoms with Gasteiger partial charge in [-0.15, -0.1) is 0 Å². The van der Waals surface area contributed by atoms with Gasteiger partial charge in [0.2, 0.25) is 0 Å². The summed E-state index contributed by atoms with van der Waals surface area (Å²) in [6, 6.07) is 0. The molecule has 0 amide bonds. The van der Waals surface area contributed by atoms with Crippen molar-refractivity contribution in [2.45, 2.75) is 96.7 Å². The van der Waals surface area contributed by atoms with E-state index in [9.17, 15) is 4.79 Å². The molecule has 0 aliphatic carbocycles. The molecule has 0 aromatic heterocycles. The van der Waals surface area contributed by atoms with E-state index >= 15 is 0 Å². The van der Waals surface area contributed by atoms with Gasteiger partial charge < -0.3 is 20.4 Å². The second-order valence-corrected chi connectivity index (χ2v) is 6.04. The Morgan fingerprint density at radius 2 is 1.43 bits per heavy atom. The summed E-state index contributed by atoms with van der Waals surface area (Å²) < 4.78 is 10.2. The van der Waals surface area contributed by atoms with Gasteiger partial charge in [0.15, 0.2) is 6.10 Å². The number of ether oxygens (including phenoxy) is 2. The van der Waals surface area contributed by atoms with Crippen molar-refractivity contribution < 1.29 is 25.2 Å². The topological polar surface area (TPSA) is 102 Å². The molecule has 0 aromatic carbocycles. The molecule has 1 aliphatic rings. The zero-order valence-electron chi connectivity index (χ0n) is 15.4. The Morgan fingerprint density at radius 1 is 1.00 bits per heavy atom. The maximum absolute atomic E-state index is 11.4. The van der Waals surface area contributed by atoms with Gasteiger partial charge in [0, 0.05) is 29.6 Å². The Kier molecular flexibility index (Phi) is 22.9. The van der Waals surface area contributed by atoms with Crippen molar-refractivity contribution >= 4 is 35.5 Å². The summed E-state index contributed by atoms with van der Waals surface area (Å²) >= 11 is 0. The molecule has 1 saturated heterocycles. The Morgan fingerprint density at radius 3 is 1.87 bits per heavy atom. The number of carbonyl (C=O) groups is 1. The average Bonchev–Trinajstić information content (AvgIpc) is 3.25. The molecule has 0 aromatic rings. The van der Waals surface area contributed by atoms with E-state index in [1.165, 1.54) is 57.8 Å². The molecule has 5 nitrogen and oxygen atoms in total. The summed E-state index contributed by atoms with van der Waals surface area (Å²) in [6.07, 6.45) is 14.2. The number of rotatable bonds is 13. The monoisotopic (exact) mass is 343 g/mol. The van der Waals surface area contributed by atoms with Crippen LogP contribution in [0.4, 0.5) is 0 Å². The number of esters is 1. The van der Waals surface area contributed by atoms with E-state index in [4.69, 9.17) is 9.47 Å². The van der Waals surface area contributed by atoms with Crippen LogP contribution in [0.25, 0.3) is 0 Å². The zero-order chi connectivity index (χ0) is 14.6. The molecule has 135 valence electrons. The average molecular weight is 343 g/mol. The molecule has 0 bridgehead atoms. The Balaban J connectivity index is -0.00000133.